The molecule has 104 valence electrons. The molecule has 2 heteroatoms. The number of unbranched alkanes of at least 4 members (excludes halogenated alkanes) is 7. The van der Waals surface area contributed by atoms with Gasteiger partial charge in [-0.25, -0.2) is 0 Å². The van der Waals surface area contributed by atoms with Crippen LogP contribution in [0.25, 0.3) is 0 Å². The molecule has 0 aromatic heterocycles. The van der Waals surface area contributed by atoms with Crippen molar-refractivity contribution in [3.05, 3.63) is 0 Å². The average Bonchev–Trinajstić information content (AvgIpc) is 2.31. The number of aliphatic hydroxyl groups is 1. The van der Waals surface area contributed by atoms with E-state index in [1.54, 1.807) is 7.11 Å². The summed E-state index contributed by atoms with van der Waals surface area (Å²) in [6.07, 6.45) is 11.2. The Morgan fingerprint density at radius 1 is 1.00 bits per heavy atom. The third-order valence-electron chi connectivity index (χ3n) is 3.77. The van der Waals surface area contributed by atoms with Crippen LogP contribution in [0.15, 0.2) is 0 Å². The summed E-state index contributed by atoms with van der Waals surface area (Å²) in [6, 6.07) is 0. The van der Waals surface area contributed by atoms with Gasteiger partial charge in [-0.05, 0) is 20.3 Å². The molecule has 0 rings (SSSR count). The maximum absolute atomic E-state index is 10.1. The van der Waals surface area contributed by atoms with Gasteiger partial charge in [0.25, 0.3) is 0 Å². The van der Waals surface area contributed by atoms with E-state index >= 15 is 0 Å². The van der Waals surface area contributed by atoms with E-state index in [1.165, 1.54) is 44.9 Å². The first-order valence-electron chi connectivity index (χ1n) is 7.29. The Kier molecular flexibility index (Phi) is 9.85. The van der Waals surface area contributed by atoms with Crippen LogP contribution in [0, 0.1) is 0 Å². The number of ether oxygens (including phenoxy) is 1. The molecular formula is C15H32O2. The van der Waals surface area contributed by atoms with Crippen LogP contribution in [-0.2, 0) is 4.74 Å². The summed E-state index contributed by atoms with van der Waals surface area (Å²) in [4.78, 5) is 0. The minimum Gasteiger partial charge on any atom is -0.387 e. The van der Waals surface area contributed by atoms with E-state index in [9.17, 15) is 5.11 Å². The van der Waals surface area contributed by atoms with E-state index < -0.39 is 5.60 Å². The van der Waals surface area contributed by atoms with Crippen LogP contribution in [0.3, 0.4) is 0 Å². The Morgan fingerprint density at radius 2 is 1.47 bits per heavy atom. The Balaban J connectivity index is 3.38. The fourth-order valence-electron chi connectivity index (χ4n) is 2.07. The summed E-state index contributed by atoms with van der Waals surface area (Å²) < 4.78 is 5.19. The number of methoxy groups -OCH3 is 1. The lowest BCUT2D eigenvalue weighted by molar-refractivity contribution is -0.0780. The van der Waals surface area contributed by atoms with Crippen LogP contribution in [0.1, 0.15) is 78.6 Å². The smallest absolute Gasteiger partial charge is 0.0877 e. The standard InChI is InChI=1S/C15H32O2/c1-5-6-7-8-9-10-11-12-13-15(3,16)14(2)17-4/h14,16H,5-13H2,1-4H3. The van der Waals surface area contributed by atoms with E-state index in [4.69, 9.17) is 4.74 Å². The lowest BCUT2D eigenvalue weighted by Crippen LogP contribution is -2.38. The van der Waals surface area contributed by atoms with Gasteiger partial charge in [0.15, 0.2) is 0 Å². The molecule has 0 aliphatic heterocycles. The fraction of sp³-hybridized carbons (Fsp3) is 1.00. The molecule has 0 amide bonds. The van der Waals surface area contributed by atoms with Crippen LogP contribution < -0.4 is 0 Å². The van der Waals surface area contributed by atoms with E-state index in [2.05, 4.69) is 6.92 Å². The van der Waals surface area contributed by atoms with Crippen LogP contribution >= 0.6 is 0 Å². The molecule has 0 fully saturated rings. The van der Waals surface area contributed by atoms with Crippen molar-refractivity contribution in [3.63, 3.8) is 0 Å². The lowest BCUT2D eigenvalue weighted by atomic mass is 9.92. The van der Waals surface area contributed by atoms with Gasteiger partial charge in [0.2, 0.25) is 0 Å². The predicted octanol–water partition coefficient (Wildman–Crippen LogP) is 4.30. The normalized spacial score (nSPS) is 16.8. The van der Waals surface area contributed by atoms with Gasteiger partial charge in [0.1, 0.15) is 0 Å². The molecule has 0 bridgehead atoms. The highest BCUT2D eigenvalue weighted by Gasteiger charge is 2.27. The second-order valence-corrected chi connectivity index (χ2v) is 5.46. The zero-order chi connectivity index (χ0) is 13.1. The minimum absolute atomic E-state index is 0.0768. The van der Waals surface area contributed by atoms with Gasteiger partial charge in [0, 0.05) is 7.11 Å². The van der Waals surface area contributed by atoms with Gasteiger partial charge in [0.05, 0.1) is 11.7 Å². The second kappa shape index (κ2) is 9.90. The number of rotatable bonds is 11. The Morgan fingerprint density at radius 3 is 1.94 bits per heavy atom. The fourth-order valence-corrected chi connectivity index (χ4v) is 2.07. The molecule has 0 aromatic carbocycles. The molecule has 0 aliphatic carbocycles. The van der Waals surface area contributed by atoms with Crippen LogP contribution in [-0.4, -0.2) is 23.9 Å². The molecule has 17 heavy (non-hydrogen) atoms. The average molecular weight is 244 g/mol. The van der Waals surface area contributed by atoms with Crippen molar-refractivity contribution in [3.8, 4) is 0 Å². The maximum atomic E-state index is 10.1. The first-order valence-corrected chi connectivity index (χ1v) is 7.29. The first-order chi connectivity index (χ1) is 8.04. The van der Waals surface area contributed by atoms with Gasteiger partial charge in [-0.2, -0.15) is 0 Å². The highest BCUT2D eigenvalue weighted by Crippen LogP contribution is 2.21. The zero-order valence-corrected chi connectivity index (χ0v) is 12.3. The van der Waals surface area contributed by atoms with Gasteiger partial charge >= 0.3 is 0 Å². The number of hydrogen-bond acceptors (Lipinski definition) is 2. The topological polar surface area (TPSA) is 29.5 Å². The SMILES string of the molecule is CCCCCCCCCCC(C)(O)C(C)OC. The van der Waals surface area contributed by atoms with Crippen molar-refractivity contribution in [2.45, 2.75) is 90.3 Å². The summed E-state index contributed by atoms with van der Waals surface area (Å²) in [5, 5.41) is 10.1. The van der Waals surface area contributed by atoms with Crippen LogP contribution in [0.5, 0.6) is 0 Å². The summed E-state index contributed by atoms with van der Waals surface area (Å²) in [6.45, 7) is 6.06. The molecule has 0 spiro atoms. The first kappa shape index (κ1) is 16.9. The van der Waals surface area contributed by atoms with Gasteiger partial charge < -0.3 is 9.84 Å². The molecule has 2 unspecified atom stereocenters. The van der Waals surface area contributed by atoms with E-state index in [0.717, 1.165) is 12.8 Å². The molecule has 0 aliphatic rings. The van der Waals surface area contributed by atoms with Crippen molar-refractivity contribution in [2.24, 2.45) is 0 Å². The molecule has 0 aromatic rings. The quantitative estimate of drug-likeness (QED) is 0.549. The second-order valence-electron chi connectivity index (χ2n) is 5.46. The lowest BCUT2D eigenvalue weighted by Gasteiger charge is -2.29. The Hall–Kier alpha value is -0.0800. The van der Waals surface area contributed by atoms with E-state index in [-0.39, 0.29) is 6.10 Å². The third-order valence-corrected chi connectivity index (χ3v) is 3.77. The molecule has 0 saturated carbocycles. The predicted molar refractivity (Wildman–Crippen MR) is 74.3 cm³/mol. The van der Waals surface area contributed by atoms with Crippen LogP contribution in [0.4, 0.5) is 0 Å². The zero-order valence-electron chi connectivity index (χ0n) is 12.3. The molecule has 0 heterocycles. The molecular weight excluding hydrogens is 212 g/mol. The van der Waals surface area contributed by atoms with E-state index in [0.29, 0.717) is 0 Å². The van der Waals surface area contributed by atoms with Gasteiger partial charge in [-0.15, -0.1) is 0 Å². The Labute approximate surface area is 108 Å². The molecule has 2 atom stereocenters. The summed E-state index contributed by atoms with van der Waals surface area (Å²) >= 11 is 0. The van der Waals surface area contributed by atoms with Gasteiger partial charge in [-0.1, -0.05) is 58.3 Å². The molecule has 0 saturated heterocycles. The Bertz CT molecular complexity index is 166. The van der Waals surface area contributed by atoms with Crippen molar-refractivity contribution in [1.82, 2.24) is 0 Å². The minimum atomic E-state index is -0.670. The van der Waals surface area contributed by atoms with E-state index in [1.807, 2.05) is 13.8 Å². The van der Waals surface area contributed by atoms with Crippen LogP contribution in [0.2, 0.25) is 0 Å². The van der Waals surface area contributed by atoms with Crippen molar-refractivity contribution >= 4 is 0 Å². The highest BCUT2D eigenvalue weighted by atomic mass is 16.5. The van der Waals surface area contributed by atoms with Crippen molar-refractivity contribution in [2.75, 3.05) is 7.11 Å². The molecule has 1 N–H and O–H groups in total. The largest absolute Gasteiger partial charge is 0.387 e. The monoisotopic (exact) mass is 244 g/mol. The number of hydrogen-bond donors (Lipinski definition) is 1. The molecule has 0 radical (unpaired) electrons. The summed E-state index contributed by atoms with van der Waals surface area (Å²) in [5.41, 5.74) is -0.670. The van der Waals surface area contributed by atoms with Crippen molar-refractivity contribution in [1.29, 1.82) is 0 Å². The van der Waals surface area contributed by atoms with Crippen molar-refractivity contribution < 1.29 is 9.84 Å². The third kappa shape index (κ3) is 8.62. The summed E-state index contributed by atoms with van der Waals surface area (Å²) in [7, 11) is 1.66. The summed E-state index contributed by atoms with van der Waals surface area (Å²) in [5.74, 6) is 0. The highest BCUT2D eigenvalue weighted by molar-refractivity contribution is 4.79. The molecule has 2 nitrogen and oxygen atoms in total. The van der Waals surface area contributed by atoms with Gasteiger partial charge in [-0.3, -0.25) is 0 Å². The maximum Gasteiger partial charge on any atom is 0.0877 e.